The van der Waals surface area contributed by atoms with Gasteiger partial charge in [0.15, 0.2) is 0 Å². The van der Waals surface area contributed by atoms with E-state index in [1.54, 1.807) is 13.2 Å². The highest BCUT2D eigenvalue weighted by Gasteiger charge is 2.14. The summed E-state index contributed by atoms with van der Waals surface area (Å²) in [5.74, 6) is 0.593. The molecule has 0 fully saturated rings. The molecular formula is C16H16ClFO. The molecular weight excluding hydrogens is 263 g/mol. The second kappa shape index (κ2) is 6.07. The average molecular weight is 279 g/mol. The van der Waals surface area contributed by atoms with Crippen molar-refractivity contribution in [1.82, 2.24) is 0 Å². The van der Waals surface area contributed by atoms with Crippen molar-refractivity contribution in [2.24, 2.45) is 0 Å². The predicted octanol–water partition coefficient (Wildman–Crippen LogP) is 4.67. The Hall–Kier alpha value is -1.54. The second-order valence-corrected chi connectivity index (χ2v) is 5.01. The molecule has 0 bridgehead atoms. The first-order valence-electron chi connectivity index (χ1n) is 6.14. The van der Waals surface area contributed by atoms with Gasteiger partial charge in [-0.1, -0.05) is 24.3 Å². The largest absolute Gasteiger partial charge is 0.496 e. The van der Waals surface area contributed by atoms with E-state index in [0.29, 0.717) is 6.42 Å². The third-order valence-electron chi connectivity index (χ3n) is 3.16. The minimum atomic E-state index is -0.234. The molecule has 0 amide bonds. The molecule has 0 radical (unpaired) electrons. The quantitative estimate of drug-likeness (QED) is 0.739. The summed E-state index contributed by atoms with van der Waals surface area (Å²) in [6.45, 7) is 1.87. The van der Waals surface area contributed by atoms with Crippen LogP contribution in [0.1, 0.15) is 22.1 Å². The first-order valence-corrected chi connectivity index (χ1v) is 6.57. The van der Waals surface area contributed by atoms with Crippen molar-refractivity contribution in [2.75, 3.05) is 7.11 Å². The van der Waals surface area contributed by atoms with Gasteiger partial charge in [0.2, 0.25) is 0 Å². The number of methoxy groups -OCH3 is 1. The molecule has 0 N–H and O–H groups in total. The van der Waals surface area contributed by atoms with Crippen molar-refractivity contribution >= 4 is 11.6 Å². The first kappa shape index (κ1) is 13.9. The Kier molecular flexibility index (Phi) is 4.43. The monoisotopic (exact) mass is 278 g/mol. The Balaban J connectivity index is 2.23. The standard InChI is InChI=1S/C16H16ClFO/c1-11-9-13(18)7-8-14(11)15(17)10-12-5-3-4-6-16(12)19-2/h3-9,15H,10H2,1-2H3. The zero-order valence-electron chi connectivity index (χ0n) is 11.0. The van der Waals surface area contributed by atoms with Gasteiger partial charge >= 0.3 is 0 Å². The number of hydrogen-bond donors (Lipinski definition) is 0. The number of rotatable bonds is 4. The van der Waals surface area contributed by atoms with Gasteiger partial charge in [0.05, 0.1) is 12.5 Å². The van der Waals surface area contributed by atoms with Gasteiger partial charge in [-0.2, -0.15) is 0 Å². The molecule has 100 valence electrons. The number of alkyl halides is 1. The fourth-order valence-electron chi connectivity index (χ4n) is 2.17. The van der Waals surface area contributed by atoms with Gasteiger partial charge in [0, 0.05) is 0 Å². The van der Waals surface area contributed by atoms with Crippen LogP contribution in [0.4, 0.5) is 4.39 Å². The van der Waals surface area contributed by atoms with E-state index in [1.165, 1.54) is 12.1 Å². The lowest BCUT2D eigenvalue weighted by atomic mass is 9.99. The average Bonchev–Trinajstić information content (AvgIpc) is 2.39. The van der Waals surface area contributed by atoms with E-state index < -0.39 is 0 Å². The smallest absolute Gasteiger partial charge is 0.123 e. The van der Waals surface area contributed by atoms with E-state index in [0.717, 1.165) is 22.4 Å². The van der Waals surface area contributed by atoms with Gasteiger partial charge in [-0.3, -0.25) is 0 Å². The maximum Gasteiger partial charge on any atom is 0.123 e. The van der Waals surface area contributed by atoms with Crippen LogP contribution in [0.2, 0.25) is 0 Å². The van der Waals surface area contributed by atoms with Crippen LogP contribution in [-0.4, -0.2) is 7.11 Å². The third-order valence-corrected chi connectivity index (χ3v) is 3.55. The van der Waals surface area contributed by atoms with Crippen LogP contribution in [0.15, 0.2) is 42.5 Å². The molecule has 0 aromatic heterocycles. The highest BCUT2D eigenvalue weighted by Crippen LogP contribution is 2.31. The fraction of sp³-hybridized carbons (Fsp3) is 0.250. The Labute approximate surface area is 118 Å². The molecule has 2 aromatic rings. The summed E-state index contributed by atoms with van der Waals surface area (Å²) < 4.78 is 18.4. The maximum absolute atomic E-state index is 13.1. The molecule has 1 nitrogen and oxygen atoms in total. The lowest BCUT2D eigenvalue weighted by Crippen LogP contribution is -2.01. The number of benzene rings is 2. The topological polar surface area (TPSA) is 9.23 Å². The summed E-state index contributed by atoms with van der Waals surface area (Å²) in [4.78, 5) is 0. The predicted molar refractivity (Wildman–Crippen MR) is 76.4 cm³/mol. The number of hydrogen-bond acceptors (Lipinski definition) is 1. The van der Waals surface area contributed by atoms with E-state index in [-0.39, 0.29) is 11.2 Å². The van der Waals surface area contributed by atoms with Crippen molar-refractivity contribution in [3.8, 4) is 5.75 Å². The van der Waals surface area contributed by atoms with Crippen molar-refractivity contribution in [2.45, 2.75) is 18.7 Å². The molecule has 2 aromatic carbocycles. The zero-order valence-corrected chi connectivity index (χ0v) is 11.7. The Morgan fingerprint density at radius 2 is 1.95 bits per heavy atom. The molecule has 1 unspecified atom stereocenters. The second-order valence-electron chi connectivity index (χ2n) is 4.48. The summed E-state index contributed by atoms with van der Waals surface area (Å²) in [7, 11) is 1.64. The molecule has 0 aliphatic heterocycles. The summed E-state index contributed by atoms with van der Waals surface area (Å²) in [6, 6.07) is 12.5. The fourth-order valence-corrected chi connectivity index (χ4v) is 2.58. The summed E-state index contributed by atoms with van der Waals surface area (Å²) in [6.07, 6.45) is 0.651. The number of aryl methyl sites for hydroxylation is 1. The maximum atomic E-state index is 13.1. The SMILES string of the molecule is COc1ccccc1CC(Cl)c1ccc(F)cc1C. The molecule has 1 atom stereocenters. The first-order chi connectivity index (χ1) is 9.11. The van der Waals surface area contributed by atoms with Crippen molar-refractivity contribution in [3.63, 3.8) is 0 Å². The molecule has 0 aliphatic rings. The minimum Gasteiger partial charge on any atom is -0.496 e. The molecule has 2 rings (SSSR count). The minimum absolute atomic E-state index is 0.197. The number of para-hydroxylation sites is 1. The molecule has 0 aliphatic carbocycles. The van der Waals surface area contributed by atoms with Crippen molar-refractivity contribution in [1.29, 1.82) is 0 Å². The van der Waals surface area contributed by atoms with Crippen LogP contribution in [0.5, 0.6) is 5.75 Å². The summed E-state index contributed by atoms with van der Waals surface area (Å²) in [5, 5.41) is -0.197. The van der Waals surface area contributed by atoms with Gasteiger partial charge in [0.1, 0.15) is 11.6 Å². The van der Waals surface area contributed by atoms with E-state index in [4.69, 9.17) is 16.3 Å². The molecule has 3 heteroatoms. The van der Waals surface area contributed by atoms with E-state index in [2.05, 4.69) is 0 Å². The Bertz CT molecular complexity index is 568. The van der Waals surface area contributed by atoms with E-state index >= 15 is 0 Å². The highest BCUT2D eigenvalue weighted by atomic mass is 35.5. The van der Waals surface area contributed by atoms with Gasteiger partial charge in [0.25, 0.3) is 0 Å². The molecule has 0 spiro atoms. The van der Waals surface area contributed by atoms with Gasteiger partial charge in [-0.05, 0) is 48.2 Å². The zero-order chi connectivity index (χ0) is 13.8. The van der Waals surface area contributed by atoms with Crippen LogP contribution in [-0.2, 0) is 6.42 Å². The number of halogens is 2. The Morgan fingerprint density at radius 1 is 1.21 bits per heavy atom. The molecule has 0 saturated heterocycles. The highest BCUT2D eigenvalue weighted by molar-refractivity contribution is 6.21. The molecule has 19 heavy (non-hydrogen) atoms. The Morgan fingerprint density at radius 3 is 2.63 bits per heavy atom. The normalized spacial score (nSPS) is 12.2. The summed E-state index contributed by atoms with van der Waals surface area (Å²) in [5.41, 5.74) is 2.87. The van der Waals surface area contributed by atoms with E-state index in [1.807, 2.05) is 31.2 Å². The van der Waals surface area contributed by atoms with Crippen LogP contribution in [0, 0.1) is 12.7 Å². The number of ether oxygens (including phenoxy) is 1. The van der Waals surface area contributed by atoms with Crippen molar-refractivity contribution < 1.29 is 9.13 Å². The van der Waals surface area contributed by atoms with Crippen LogP contribution in [0.25, 0.3) is 0 Å². The summed E-state index contributed by atoms with van der Waals surface area (Å²) >= 11 is 6.45. The van der Waals surface area contributed by atoms with Crippen LogP contribution < -0.4 is 4.74 Å². The lowest BCUT2D eigenvalue weighted by molar-refractivity contribution is 0.409. The van der Waals surface area contributed by atoms with E-state index in [9.17, 15) is 4.39 Å². The van der Waals surface area contributed by atoms with Gasteiger partial charge in [-0.15, -0.1) is 11.6 Å². The molecule has 0 saturated carbocycles. The van der Waals surface area contributed by atoms with Crippen molar-refractivity contribution in [3.05, 3.63) is 65.0 Å². The van der Waals surface area contributed by atoms with Crippen LogP contribution >= 0.6 is 11.6 Å². The van der Waals surface area contributed by atoms with Gasteiger partial charge < -0.3 is 4.74 Å². The van der Waals surface area contributed by atoms with Gasteiger partial charge in [-0.25, -0.2) is 4.39 Å². The lowest BCUT2D eigenvalue weighted by Gasteiger charge is -2.15. The van der Waals surface area contributed by atoms with Crippen LogP contribution in [0.3, 0.4) is 0 Å². The third kappa shape index (κ3) is 3.27. The molecule has 0 heterocycles.